The van der Waals surface area contributed by atoms with Gasteiger partial charge in [0.2, 0.25) is 0 Å². The zero-order valence-corrected chi connectivity index (χ0v) is 7.31. The Balaban J connectivity index is 3.51. The first-order chi connectivity index (χ1) is 5.16. The number of carbonyl (C=O) groups is 1. The second kappa shape index (κ2) is 5.92. The molecule has 3 heteroatoms. The van der Waals surface area contributed by atoms with E-state index in [1.807, 2.05) is 6.92 Å². The highest BCUT2D eigenvalue weighted by Gasteiger charge is 1.89. The van der Waals surface area contributed by atoms with Crippen LogP contribution < -0.4 is 5.32 Å². The lowest BCUT2D eigenvalue weighted by Crippen LogP contribution is -2.17. The summed E-state index contributed by atoms with van der Waals surface area (Å²) >= 11 is 0. The fourth-order valence-electron chi connectivity index (χ4n) is 0.706. The Kier molecular flexibility index (Phi) is 5.47. The SMILES string of the molecule is COCCN/C(C)=C/C(C)=O. The zero-order chi connectivity index (χ0) is 8.69. The van der Waals surface area contributed by atoms with Crippen LogP contribution in [0.1, 0.15) is 13.8 Å². The van der Waals surface area contributed by atoms with Crippen molar-refractivity contribution in [2.45, 2.75) is 13.8 Å². The monoisotopic (exact) mass is 157 g/mol. The molecule has 3 nitrogen and oxygen atoms in total. The number of ether oxygens (including phenoxy) is 1. The van der Waals surface area contributed by atoms with Gasteiger partial charge in [-0.25, -0.2) is 0 Å². The van der Waals surface area contributed by atoms with Crippen LogP contribution in [-0.2, 0) is 9.53 Å². The van der Waals surface area contributed by atoms with Crippen LogP contribution in [0.2, 0.25) is 0 Å². The normalized spacial score (nSPS) is 11.4. The van der Waals surface area contributed by atoms with Gasteiger partial charge in [0.15, 0.2) is 5.78 Å². The smallest absolute Gasteiger partial charge is 0.154 e. The molecular formula is C8H15NO2. The lowest BCUT2D eigenvalue weighted by molar-refractivity contribution is -0.112. The molecule has 11 heavy (non-hydrogen) atoms. The zero-order valence-electron chi connectivity index (χ0n) is 7.31. The fraction of sp³-hybridized carbons (Fsp3) is 0.625. The molecule has 0 saturated heterocycles. The van der Waals surface area contributed by atoms with E-state index in [1.54, 1.807) is 13.2 Å². The second-order valence-electron chi connectivity index (χ2n) is 2.36. The van der Waals surface area contributed by atoms with Gasteiger partial charge in [-0.15, -0.1) is 0 Å². The Morgan fingerprint density at radius 3 is 2.64 bits per heavy atom. The van der Waals surface area contributed by atoms with Crippen LogP contribution in [0.5, 0.6) is 0 Å². The van der Waals surface area contributed by atoms with Gasteiger partial charge in [0, 0.05) is 19.4 Å². The maximum Gasteiger partial charge on any atom is 0.154 e. The molecule has 0 amide bonds. The highest BCUT2D eigenvalue weighted by molar-refractivity contribution is 5.87. The topological polar surface area (TPSA) is 38.3 Å². The first-order valence-corrected chi connectivity index (χ1v) is 3.58. The average Bonchev–Trinajstić information content (AvgIpc) is 1.86. The van der Waals surface area contributed by atoms with Crippen LogP contribution in [0.4, 0.5) is 0 Å². The maximum absolute atomic E-state index is 10.5. The van der Waals surface area contributed by atoms with Gasteiger partial charge in [-0.3, -0.25) is 4.79 Å². The van der Waals surface area contributed by atoms with Crippen LogP contribution in [0.15, 0.2) is 11.8 Å². The van der Waals surface area contributed by atoms with Crippen molar-refractivity contribution in [2.24, 2.45) is 0 Å². The predicted octanol–water partition coefficient (Wildman–Crippen LogP) is 0.715. The minimum absolute atomic E-state index is 0.0624. The maximum atomic E-state index is 10.5. The summed E-state index contributed by atoms with van der Waals surface area (Å²) in [6.45, 7) is 4.79. The molecule has 0 spiro atoms. The van der Waals surface area contributed by atoms with Gasteiger partial charge in [0.1, 0.15) is 0 Å². The molecule has 0 fully saturated rings. The highest BCUT2D eigenvalue weighted by Crippen LogP contribution is 1.85. The van der Waals surface area contributed by atoms with Gasteiger partial charge < -0.3 is 10.1 Å². The van der Waals surface area contributed by atoms with E-state index in [0.29, 0.717) is 6.61 Å². The number of methoxy groups -OCH3 is 1. The molecule has 0 aliphatic carbocycles. The average molecular weight is 157 g/mol. The Morgan fingerprint density at radius 1 is 1.55 bits per heavy atom. The third-order valence-corrected chi connectivity index (χ3v) is 1.13. The molecule has 0 radical (unpaired) electrons. The molecule has 1 N–H and O–H groups in total. The van der Waals surface area contributed by atoms with E-state index in [1.165, 1.54) is 6.92 Å². The highest BCUT2D eigenvalue weighted by atomic mass is 16.5. The minimum atomic E-state index is 0.0624. The van der Waals surface area contributed by atoms with Gasteiger partial charge >= 0.3 is 0 Å². The molecule has 0 atom stereocenters. The fourth-order valence-corrected chi connectivity index (χ4v) is 0.706. The molecular weight excluding hydrogens is 142 g/mol. The van der Waals surface area contributed by atoms with Gasteiger partial charge in [-0.1, -0.05) is 0 Å². The number of hydrogen-bond donors (Lipinski definition) is 1. The van der Waals surface area contributed by atoms with Crippen molar-refractivity contribution in [3.05, 3.63) is 11.8 Å². The third-order valence-electron chi connectivity index (χ3n) is 1.13. The number of nitrogens with one attached hydrogen (secondary N) is 1. The Morgan fingerprint density at radius 2 is 2.18 bits per heavy atom. The Bertz CT molecular complexity index is 152. The van der Waals surface area contributed by atoms with Crippen LogP contribution in [0.25, 0.3) is 0 Å². The standard InChI is InChI=1S/C8H15NO2/c1-7(6-8(2)10)9-4-5-11-3/h6,9H,4-5H2,1-3H3/b7-6+. The molecule has 0 rings (SSSR count). The predicted molar refractivity (Wildman–Crippen MR) is 44.3 cm³/mol. The summed E-state index contributed by atoms with van der Waals surface area (Å²) in [6, 6.07) is 0. The van der Waals surface area contributed by atoms with E-state index in [4.69, 9.17) is 4.74 Å². The molecule has 0 heterocycles. The van der Waals surface area contributed by atoms with Crippen LogP contribution >= 0.6 is 0 Å². The summed E-state index contributed by atoms with van der Waals surface area (Å²) in [5.41, 5.74) is 0.884. The molecule has 64 valence electrons. The molecule has 0 unspecified atom stereocenters. The Labute approximate surface area is 67.4 Å². The summed E-state index contributed by atoms with van der Waals surface area (Å²) in [7, 11) is 1.64. The minimum Gasteiger partial charge on any atom is -0.386 e. The lowest BCUT2D eigenvalue weighted by Gasteiger charge is -2.03. The number of ketones is 1. The van der Waals surface area contributed by atoms with Gasteiger partial charge in [0.25, 0.3) is 0 Å². The molecule has 0 aromatic rings. The van der Waals surface area contributed by atoms with Gasteiger partial charge in [0.05, 0.1) is 6.61 Å². The number of allylic oxidation sites excluding steroid dienone is 2. The summed E-state index contributed by atoms with van der Waals surface area (Å²) in [5.74, 6) is 0.0624. The van der Waals surface area contributed by atoms with E-state index in [0.717, 1.165) is 12.2 Å². The van der Waals surface area contributed by atoms with Crippen molar-refractivity contribution >= 4 is 5.78 Å². The lowest BCUT2D eigenvalue weighted by atomic mass is 10.3. The van der Waals surface area contributed by atoms with Crippen molar-refractivity contribution in [2.75, 3.05) is 20.3 Å². The first kappa shape index (κ1) is 10.2. The molecule has 0 aromatic carbocycles. The van der Waals surface area contributed by atoms with E-state index in [9.17, 15) is 4.79 Å². The van der Waals surface area contributed by atoms with Crippen molar-refractivity contribution in [1.29, 1.82) is 0 Å². The third kappa shape index (κ3) is 7.06. The number of rotatable bonds is 5. The summed E-state index contributed by atoms with van der Waals surface area (Å²) < 4.78 is 4.82. The van der Waals surface area contributed by atoms with Gasteiger partial charge in [-0.2, -0.15) is 0 Å². The van der Waals surface area contributed by atoms with Crippen molar-refractivity contribution in [3.8, 4) is 0 Å². The quantitative estimate of drug-likeness (QED) is 0.472. The first-order valence-electron chi connectivity index (χ1n) is 3.58. The second-order valence-corrected chi connectivity index (χ2v) is 2.36. The van der Waals surface area contributed by atoms with E-state index < -0.39 is 0 Å². The van der Waals surface area contributed by atoms with Crippen LogP contribution in [0, 0.1) is 0 Å². The molecule has 0 aromatic heterocycles. The Hall–Kier alpha value is -0.830. The molecule has 0 saturated carbocycles. The van der Waals surface area contributed by atoms with Crippen LogP contribution in [0.3, 0.4) is 0 Å². The van der Waals surface area contributed by atoms with E-state index >= 15 is 0 Å². The van der Waals surface area contributed by atoms with Crippen molar-refractivity contribution in [1.82, 2.24) is 5.32 Å². The van der Waals surface area contributed by atoms with Crippen molar-refractivity contribution < 1.29 is 9.53 Å². The van der Waals surface area contributed by atoms with E-state index in [2.05, 4.69) is 5.32 Å². The van der Waals surface area contributed by atoms with E-state index in [-0.39, 0.29) is 5.78 Å². The van der Waals surface area contributed by atoms with Crippen LogP contribution in [-0.4, -0.2) is 26.0 Å². The van der Waals surface area contributed by atoms with Gasteiger partial charge in [-0.05, 0) is 19.9 Å². The summed E-state index contributed by atoms with van der Waals surface area (Å²) in [4.78, 5) is 10.5. The summed E-state index contributed by atoms with van der Waals surface area (Å²) in [6.07, 6.45) is 1.57. The molecule has 0 aliphatic heterocycles. The molecule has 0 aliphatic rings. The molecule has 0 bridgehead atoms. The van der Waals surface area contributed by atoms with Crippen molar-refractivity contribution in [3.63, 3.8) is 0 Å². The number of hydrogen-bond acceptors (Lipinski definition) is 3. The number of carbonyl (C=O) groups excluding carboxylic acids is 1. The largest absolute Gasteiger partial charge is 0.386 e. The summed E-state index contributed by atoms with van der Waals surface area (Å²) in [5, 5.41) is 3.03.